The van der Waals surface area contributed by atoms with Crippen molar-refractivity contribution in [2.75, 3.05) is 14.2 Å². The molecule has 0 heterocycles. The molecule has 1 N–H and O–H groups in total. The zero-order chi connectivity index (χ0) is 12.2. The minimum absolute atomic E-state index is 0.0736. The van der Waals surface area contributed by atoms with Gasteiger partial charge in [-0.25, -0.2) is 0 Å². The Morgan fingerprint density at radius 2 is 1.88 bits per heavy atom. The van der Waals surface area contributed by atoms with Crippen molar-refractivity contribution in [3.8, 4) is 5.75 Å². The molecule has 0 aliphatic rings. The Morgan fingerprint density at radius 3 is 2.25 bits per heavy atom. The van der Waals surface area contributed by atoms with E-state index in [1.54, 1.807) is 26.2 Å². The molecule has 1 rings (SSSR count). The van der Waals surface area contributed by atoms with Crippen molar-refractivity contribution in [2.45, 2.75) is 18.9 Å². The molecular weight excluding hydrogens is 208 g/mol. The van der Waals surface area contributed by atoms with E-state index in [0.717, 1.165) is 11.3 Å². The Balaban J connectivity index is 2.98. The van der Waals surface area contributed by atoms with E-state index in [1.807, 2.05) is 12.1 Å². The standard InChI is InChI=1S/C12H16O4/c1-12(16-3,8-11(13)14)9-4-6-10(15-2)7-5-9/h4-7H,8H2,1-3H3,(H,13,14). The molecule has 1 aromatic carbocycles. The van der Waals surface area contributed by atoms with Gasteiger partial charge in [0.2, 0.25) is 0 Å². The number of ether oxygens (including phenoxy) is 2. The van der Waals surface area contributed by atoms with Crippen molar-refractivity contribution >= 4 is 5.97 Å². The number of rotatable bonds is 5. The molecule has 4 nitrogen and oxygen atoms in total. The van der Waals surface area contributed by atoms with E-state index in [-0.39, 0.29) is 6.42 Å². The lowest BCUT2D eigenvalue weighted by Gasteiger charge is -2.27. The number of hydrogen-bond acceptors (Lipinski definition) is 3. The monoisotopic (exact) mass is 224 g/mol. The maximum atomic E-state index is 10.8. The summed E-state index contributed by atoms with van der Waals surface area (Å²) >= 11 is 0. The molecule has 1 atom stereocenters. The molecular formula is C12H16O4. The fraction of sp³-hybridized carbons (Fsp3) is 0.417. The molecule has 0 saturated carbocycles. The number of carboxylic acid groups (broad SMARTS) is 1. The van der Waals surface area contributed by atoms with E-state index < -0.39 is 11.6 Å². The average Bonchev–Trinajstić information content (AvgIpc) is 2.28. The summed E-state index contributed by atoms with van der Waals surface area (Å²) in [4.78, 5) is 10.8. The molecule has 1 aromatic rings. The van der Waals surface area contributed by atoms with Crippen LogP contribution in [0.2, 0.25) is 0 Å². The molecule has 0 spiro atoms. The molecule has 16 heavy (non-hydrogen) atoms. The fourth-order valence-electron chi connectivity index (χ4n) is 1.52. The third-order valence-corrected chi connectivity index (χ3v) is 2.64. The van der Waals surface area contributed by atoms with Gasteiger partial charge in [0.05, 0.1) is 13.5 Å². The molecule has 0 aliphatic heterocycles. The Kier molecular flexibility index (Phi) is 3.90. The Labute approximate surface area is 94.8 Å². The van der Waals surface area contributed by atoms with E-state index in [1.165, 1.54) is 7.11 Å². The zero-order valence-corrected chi connectivity index (χ0v) is 9.69. The highest BCUT2D eigenvalue weighted by Crippen LogP contribution is 2.29. The maximum absolute atomic E-state index is 10.8. The molecule has 1 unspecified atom stereocenters. The summed E-state index contributed by atoms with van der Waals surface area (Å²) < 4.78 is 10.3. The lowest BCUT2D eigenvalue weighted by Crippen LogP contribution is -2.27. The van der Waals surface area contributed by atoms with Crippen molar-refractivity contribution in [3.63, 3.8) is 0 Å². The second-order valence-electron chi connectivity index (χ2n) is 3.73. The van der Waals surface area contributed by atoms with E-state index in [9.17, 15) is 4.79 Å². The van der Waals surface area contributed by atoms with Crippen LogP contribution < -0.4 is 4.74 Å². The van der Waals surface area contributed by atoms with E-state index in [4.69, 9.17) is 14.6 Å². The van der Waals surface area contributed by atoms with Crippen LogP contribution in [0.5, 0.6) is 5.75 Å². The summed E-state index contributed by atoms with van der Waals surface area (Å²) in [7, 11) is 3.09. The Morgan fingerprint density at radius 1 is 1.31 bits per heavy atom. The predicted molar refractivity (Wildman–Crippen MR) is 59.6 cm³/mol. The van der Waals surface area contributed by atoms with Gasteiger partial charge in [-0.3, -0.25) is 4.79 Å². The quantitative estimate of drug-likeness (QED) is 0.831. The maximum Gasteiger partial charge on any atom is 0.306 e. The first-order valence-electron chi connectivity index (χ1n) is 4.93. The highest BCUT2D eigenvalue weighted by atomic mass is 16.5. The summed E-state index contributed by atoms with van der Waals surface area (Å²) in [5.74, 6) is -0.155. The minimum atomic E-state index is -0.889. The summed E-state index contributed by atoms with van der Waals surface area (Å²) in [5, 5.41) is 8.84. The first kappa shape index (κ1) is 12.5. The van der Waals surface area contributed by atoms with Gasteiger partial charge in [0.25, 0.3) is 0 Å². The number of methoxy groups -OCH3 is 2. The van der Waals surface area contributed by atoms with Crippen molar-refractivity contribution in [1.82, 2.24) is 0 Å². The number of carboxylic acids is 1. The zero-order valence-electron chi connectivity index (χ0n) is 9.69. The average molecular weight is 224 g/mol. The highest BCUT2D eigenvalue weighted by Gasteiger charge is 2.29. The first-order valence-corrected chi connectivity index (χ1v) is 4.93. The van der Waals surface area contributed by atoms with E-state index >= 15 is 0 Å². The van der Waals surface area contributed by atoms with Gasteiger partial charge in [0.15, 0.2) is 0 Å². The summed E-state index contributed by atoms with van der Waals surface area (Å²) in [6.07, 6.45) is -0.0736. The minimum Gasteiger partial charge on any atom is -0.497 e. The van der Waals surface area contributed by atoms with Gasteiger partial charge in [0, 0.05) is 7.11 Å². The smallest absolute Gasteiger partial charge is 0.306 e. The molecule has 0 aromatic heterocycles. The topological polar surface area (TPSA) is 55.8 Å². The summed E-state index contributed by atoms with van der Waals surface area (Å²) in [6.45, 7) is 1.75. The SMILES string of the molecule is COc1ccc(C(C)(CC(=O)O)OC)cc1. The molecule has 0 aliphatic carbocycles. The lowest BCUT2D eigenvalue weighted by atomic mass is 9.92. The Hall–Kier alpha value is -1.55. The van der Waals surface area contributed by atoms with Crippen LogP contribution in [-0.2, 0) is 15.1 Å². The van der Waals surface area contributed by atoms with Crippen LogP contribution in [0.3, 0.4) is 0 Å². The van der Waals surface area contributed by atoms with Gasteiger partial charge in [-0.15, -0.1) is 0 Å². The van der Waals surface area contributed by atoms with Crippen molar-refractivity contribution in [2.24, 2.45) is 0 Å². The van der Waals surface area contributed by atoms with E-state index in [2.05, 4.69) is 0 Å². The Bertz CT molecular complexity index is 358. The third kappa shape index (κ3) is 2.73. The van der Waals surface area contributed by atoms with Crippen molar-refractivity contribution in [3.05, 3.63) is 29.8 Å². The first-order chi connectivity index (χ1) is 7.51. The predicted octanol–water partition coefficient (Wildman–Crippen LogP) is 2.03. The lowest BCUT2D eigenvalue weighted by molar-refractivity contribution is -0.143. The van der Waals surface area contributed by atoms with Crippen LogP contribution in [0.1, 0.15) is 18.9 Å². The van der Waals surface area contributed by atoms with Gasteiger partial charge in [0.1, 0.15) is 11.4 Å². The second-order valence-corrected chi connectivity index (χ2v) is 3.73. The highest BCUT2D eigenvalue weighted by molar-refractivity contribution is 5.68. The molecule has 0 fully saturated rings. The van der Waals surface area contributed by atoms with E-state index in [0.29, 0.717) is 0 Å². The van der Waals surface area contributed by atoms with Crippen LogP contribution in [-0.4, -0.2) is 25.3 Å². The third-order valence-electron chi connectivity index (χ3n) is 2.64. The molecule has 0 bridgehead atoms. The number of benzene rings is 1. The van der Waals surface area contributed by atoms with Gasteiger partial charge in [-0.2, -0.15) is 0 Å². The molecule has 0 amide bonds. The normalized spacial score (nSPS) is 14.2. The molecule has 88 valence electrons. The summed E-state index contributed by atoms with van der Waals surface area (Å²) in [5.41, 5.74) is 0.0103. The van der Waals surface area contributed by atoms with Crippen LogP contribution in [0, 0.1) is 0 Å². The van der Waals surface area contributed by atoms with Crippen LogP contribution in [0.25, 0.3) is 0 Å². The second kappa shape index (κ2) is 4.99. The van der Waals surface area contributed by atoms with Gasteiger partial charge in [-0.05, 0) is 24.6 Å². The van der Waals surface area contributed by atoms with Crippen molar-refractivity contribution < 1.29 is 19.4 Å². The number of hydrogen-bond donors (Lipinski definition) is 1. The number of aliphatic carboxylic acids is 1. The largest absolute Gasteiger partial charge is 0.497 e. The fourth-order valence-corrected chi connectivity index (χ4v) is 1.52. The summed E-state index contributed by atoms with van der Waals surface area (Å²) in [6, 6.07) is 7.19. The van der Waals surface area contributed by atoms with Gasteiger partial charge >= 0.3 is 5.97 Å². The number of carbonyl (C=O) groups is 1. The van der Waals surface area contributed by atoms with Gasteiger partial charge < -0.3 is 14.6 Å². The van der Waals surface area contributed by atoms with Gasteiger partial charge in [-0.1, -0.05) is 12.1 Å². The van der Waals surface area contributed by atoms with Crippen LogP contribution >= 0.6 is 0 Å². The van der Waals surface area contributed by atoms with Crippen LogP contribution in [0.4, 0.5) is 0 Å². The molecule has 0 radical (unpaired) electrons. The molecule has 4 heteroatoms. The molecule has 0 saturated heterocycles. The van der Waals surface area contributed by atoms with Crippen LogP contribution in [0.15, 0.2) is 24.3 Å². The van der Waals surface area contributed by atoms with Crippen molar-refractivity contribution in [1.29, 1.82) is 0 Å².